The lowest BCUT2D eigenvalue weighted by Gasteiger charge is -2.21. The molecule has 0 saturated carbocycles. The van der Waals surface area contributed by atoms with E-state index in [0.717, 1.165) is 32.6 Å². The lowest BCUT2D eigenvalue weighted by atomic mass is 9.99. The van der Waals surface area contributed by atoms with Crippen molar-refractivity contribution < 1.29 is 18.3 Å². The van der Waals surface area contributed by atoms with Crippen LogP contribution in [0.1, 0.15) is 16.7 Å². The van der Waals surface area contributed by atoms with Crippen molar-refractivity contribution in [3.63, 3.8) is 0 Å². The highest BCUT2D eigenvalue weighted by molar-refractivity contribution is 7.92. The maximum absolute atomic E-state index is 12.4. The average Bonchev–Trinajstić information content (AvgIpc) is 3.20. The Bertz CT molecular complexity index is 1540. The number of hydrogen-bond donors (Lipinski definition) is 4. The van der Waals surface area contributed by atoms with Crippen LogP contribution in [0, 0.1) is 0 Å². The number of sulfonamides is 1. The number of aromatic amines is 1. The van der Waals surface area contributed by atoms with Gasteiger partial charge in [-0.2, -0.15) is 0 Å². The average molecular weight is 506 g/mol. The standard InChI is InChI=1S/C26H27N5O4S/c1-28-23(32)16-31(36(2,34)35)20-7-5-6-19(14-20)29-25(18-12-10-17(15-27)11-13-18)24-21-8-3-4-9-22(21)30-26(24)33/h3-14,30,33H,15-16,27H2,1-2H3,(H,28,32). The van der Waals surface area contributed by atoms with Crippen molar-refractivity contribution in [2.75, 3.05) is 24.2 Å². The predicted octanol–water partition coefficient (Wildman–Crippen LogP) is 3.01. The van der Waals surface area contributed by atoms with Crippen LogP contribution >= 0.6 is 0 Å². The molecular weight excluding hydrogens is 478 g/mol. The number of carbonyl (C=O) groups excluding carboxylic acids is 1. The minimum Gasteiger partial charge on any atom is -0.494 e. The number of H-pyrrole nitrogens is 1. The van der Waals surface area contributed by atoms with Crippen molar-refractivity contribution in [2.45, 2.75) is 6.54 Å². The number of anilines is 1. The molecule has 1 amide bonds. The predicted molar refractivity (Wildman–Crippen MR) is 142 cm³/mol. The number of para-hydroxylation sites is 1. The quantitative estimate of drug-likeness (QED) is 0.273. The Morgan fingerprint density at radius 2 is 1.81 bits per heavy atom. The third kappa shape index (κ3) is 5.24. The fraction of sp³-hybridized carbons (Fsp3) is 0.154. The topological polar surface area (TPSA) is 141 Å². The zero-order chi connectivity index (χ0) is 25.9. The number of aliphatic imine (C=N–C) groups is 1. The molecule has 10 heteroatoms. The molecule has 4 rings (SSSR count). The van der Waals surface area contributed by atoms with Gasteiger partial charge in [0.2, 0.25) is 15.9 Å². The van der Waals surface area contributed by atoms with E-state index >= 15 is 0 Å². The van der Waals surface area contributed by atoms with E-state index in [0.29, 0.717) is 29.2 Å². The molecule has 36 heavy (non-hydrogen) atoms. The summed E-state index contributed by atoms with van der Waals surface area (Å²) >= 11 is 0. The molecule has 0 bridgehead atoms. The Morgan fingerprint density at radius 1 is 1.08 bits per heavy atom. The molecule has 0 atom stereocenters. The third-order valence-electron chi connectivity index (χ3n) is 5.71. The van der Waals surface area contributed by atoms with Crippen LogP contribution in [0.15, 0.2) is 77.8 Å². The van der Waals surface area contributed by atoms with E-state index < -0.39 is 15.9 Å². The minimum absolute atomic E-state index is 0.0358. The highest BCUT2D eigenvalue weighted by Gasteiger charge is 2.22. The summed E-state index contributed by atoms with van der Waals surface area (Å²) in [6, 6.07) is 21.6. The van der Waals surface area contributed by atoms with Gasteiger partial charge < -0.3 is 21.1 Å². The van der Waals surface area contributed by atoms with Crippen molar-refractivity contribution in [1.29, 1.82) is 0 Å². The van der Waals surface area contributed by atoms with Crippen molar-refractivity contribution in [3.05, 3.63) is 89.5 Å². The van der Waals surface area contributed by atoms with E-state index in [1.54, 1.807) is 24.3 Å². The number of likely N-dealkylation sites (N-methyl/N-ethyl adjacent to an activating group) is 1. The lowest BCUT2D eigenvalue weighted by Crippen LogP contribution is -2.39. The first-order valence-electron chi connectivity index (χ1n) is 11.2. The Labute approximate surface area is 209 Å². The molecule has 0 aliphatic rings. The van der Waals surface area contributed by atoms with Gasteiger partial charge in [0.25, 0.3) is 0 Å². The van der Waals surface area contributed by atoms with Crippen molar-refractivity contribution in [1.82, 2.24) is 10.3 Å². The summed E-state index contributed by atoms with van der Waals surface area (Å²) in [4.78, 5) is 19.8. The molecule has 3 aromatic carbocycles. The molecule has 4 aromatic rings. The number of carbonyl (C=O) groups is 1. The number of nitrogens with one attached hydrogen (secondary N) is 2. The second kappa shape index (κ2) is 10.2. The molecule has 5 N–H and O–H groups in total. The van der Waals surface area contributed by atoms with Crippen LogP contribution in [0.4, 0.5) is 11.4 Å². The number of nitrogens with two attached hydrogens (primary N) is 1. The highest BCUT2D eigenvalue weighted by atomic mass is 32.2. The Morgan fingerprint density at radius 3 is 2.47 bits per heavy atom. The maximum Gasteiger partial charge on any atom is 0.240 e. The summed E-state index contributed by atoms with van der Waals surface area (Å²) in [5.41, 5.74) is 9.94. The second-order valence-electron chi connectivity index (χ2n) is 8.22. The number of fused-ring (bicyclic) bond motifs is 1. The number of hydrogen-bond acceptors (Lipinski definition) is 6. The fourth-order valence-corrected chi connectivity index (χ4v) is 4.74. The van der Waals surface area contributed by atoms with Gasteiger partial charge in [-0.15, -0.1) is 0 Å². The number of benzene rings is 3. The van der Waals surface area contributed by atoms with Crippen LogP contribution in [0.25, 0.3) is 10.9 Å². The van der Waals surface area contributed by atoms with Crippen LogP contribution in [-0.2, 0) is 21.4 Å². The van der Waals surface area contributed by atoms with Gasteiger partial charge in [0.15, 0.2) is 5.88 Å². The van der Waals surface area contributed by atoms with Crippen LogP contribution in [0.2, 0.25) is 0 Å². The van der Waals surface area contributed by atoms with E-state index in [1.165, 1.54) is 7.05 Å². The van der Waals surface area contributed by atoms with Gasteiger partial charge in [0.1, 0.15) is 6.54 Å². The van der Waals surface area contributed by atoms with E-state index in [4.69, 9.17) is 10.7 Å². The van der Waals surface area contributed by atoms with E-state index in [-0.39, 0.29) is 12.4 Å². The SMILES string of the molecule is CNC(=O)CN(c1cccc(N=C(c2ccc(CN)cc2)c2c(O)[nH]c3ccccc23)c1)S(C)(=O)=O. The first-order chi connectivity index (χ1) is 17.2. The maximum atomic E-state index is 12.4. The van der Waals surface area contributed by atoms with Gasteiger partial charge in [-0.1, -0.05) is 48.5 Å². The Balaban J connectivity index is 1.89. The largest absolute Gasteiger partial charge is 0.494 e. The summed E-state index contributed by atoms with van der Waals surface area (Å²) in [5.74, 6) is -0.481. The molecule has 0 radical (unpaired) electrons. The molecule has 0 spiro atoms. The zero-order valence-corrected chi connectivity index (χ0v) is 20.7. The molecule has 0 unspecified atom stereocenters. The van der Waals surface area contributed by atoms with Gasteiger partial charge in [-0.05, 0) is 29.8 Å². The first kappa shape index (κ1) is 25.0. The number of aromatic nitrogens is 1. The molecule has 0 saturated heterocycles. The number of amides is 1. The van der Waals surface area contributed by atoms with Crippen LogP contribution in [0.5, 0.6) is 5.88 Å². The van der Waals surface area contributed by atoms with Crippen molar-refractivity contribution >= 4 is 43.9 Å². The summed E-state index contributed by atoms with van der Waals surface area (Å²) < 4.78 is 25.9. The van der Waals surface area contributed by atoms with Gasteiger partial charge in [-0.3, -0.25) is 9.10 Å². The first-order valence-corrected chi connectivity index (χ1v) is 13.0. The molecule has 186 valence electrons. The van der Waals surface area contributed by atoms with Gasteiger partial charge >= 0.3 is 0 Å². The van der Waals surface area contributed by atoms with Gasteiger partial charge in [0, 0.05) is 30.1 Å². The molecule has 1 heterocycles. The summed E-state index contributed by atoms with van der Waals surface area (Å²) in [5, 5.41) is 14.1. The Hall–Kier alpha value is -4.15. The third-order valence-corrected chi connectivity index (χ3v) is 6.85. The van der Waals surface area contributed by atoms with Gasteiger partial charge in [0.05, 0.1) is 28.9 Å². The van der Waals surface area contributed by atoms with Crippen molar-refractivity contribution in [3.8, 4) is 5.88 Å². The smallest absolute Gasteiger partial charge is 0.240 e. The molecular formula is C26H27N5O4S. The monoisotopic (exact) mass is 505 g/mol. The molecule has 9 nitrogen and oxygen atoms in total. The molecule has 0 aliphatic carbocycles. The number of nitrogens with zero attached hydrogens (tertiary/aromatic N) is 2. The van der Waals surface area contributed by atoms with E-state index in [9.17, 15) is 18.3 Å². The van der Waals surface area contributed by atoms with Crippen LogP contribution < -0.4 is 15.4 Å². The van der Waals surface area contributed by atoms with Crippen molar-refractivity contribution in [2.24, 2.45) is 10.7 Å². The number of aromatic hydroxyl groups is 1. The van der Waals surface area contributed by atoms with E-state index in [2.05, 4.69) is 10.3 Å². The lowest BCUT2D eigenvalue weighted by molar-refractivity contribution is -0.119. The molecule has 0 fully saturated rings. The highest BCUT2D eigenvalue weighted by Crippen LogP contribution is 2.32. The molecule has 1 aromatic heterocycles. The molecule has 0 aliphatic heterocycles. The Kier molecular flexibility index (Phi) is 7.09. The normalized spacial score (nSPS) is 12.0. The van der Waals surface area contributed by atoms with Crippen LogP contribution in [0.3, 0.4) is 0 Å². The zero-order valence-electron chi connectivity index (χ0n) is 19.9. The van der Waals surface area contributed by atoms with E-state index in [1.807, 2.05) is 48.5 Å². The summed E-state index contributed by atoms with van der Waals surface area (Å²) in [7, 11) is -2.30. The van der Waals surface area contributed by atoms with Gasteiger partial charge in [-0.25, -0.2) is 13.4 Å². The second-order valence-corrected chi connectivity index (χ2v) is 10.1. The minimum atomic E-state index is -3.74. The summed E-state index contributed by atoms with van der Waals surface area (Å²) in [6.45, 7) is 0.0267. The summed E-state index contributed by atoms with van der Waals surface area (Å²) in [6.07, 6.45) is 1.04. The number of rotatable bonds is 8. The fourth-order valence-electron chi connectivity index (χ4n) is 3.89. The van der Waals surface area contributed by atoms with Crippen LogP contribution in [-0.4, -0.2) is 50.0 Å².